The molecular formula is C14H15N3O3S. The molecule has 0 bridgehead atoms. The van der Waals surface area contributed by atoms with Gasteiger partial charge in [-0.2, -0.15) is 8.42 Å². The second kappa shape index (κ2) is 5.00. The summed E-state index contributed by atoms with van der Waals surface area (Å²) < 4.78 is 28.4. The predicted octanol–water partition coefficient (Wildman–Crippen LogP) is 1.59. The molecular weight excluding hydrogens is 290 g/mol. The molecule has 1 aliphatic heterocycles. The molecule has 0 atom stereocenters. The maximum absolute atomic E-state index is 12.8. The van der Waals surface area contributed by atoms with E-state index >= 15 is 0 Å². The highest BCUT2D eigenvalue weighted by Crippen LogP contribution is 2.30. The van der Waals surface area contributed by atoms with Gasteiger partial charge in [0.25, 0.3) is 10.0 Å². The summed E-state index contributed by atoms with van der Waals surface area (Å²) >= 11 is 0. The Kier molecular flexibility index (Phi) is 3.29. The molecule has 0 radical (unpaired) electrons. The minimum absolute atomic E-state index is 0.00541. The van der Waals surface area contributed by atoms with Crippen molar-refractivity contribution in [1.82, 2.24) is 9.55 Å². The van der Waals surface area contributed by atoms with E-state index in [4.69, 9.17) is 0 Å². The largest absolute Gasteiger partial charge is 0.339 e. The first-order valence-electron chi connectivity index (χ1n) is 6.63. The van der Waals surface area contributed by atoms with Gasteiger partial charge in [0.05, 0.1) is 12.0 Å². The number of benzene rings is 1. The maximum atomic E-state index is 12.8. The molecule has 0 fully saturated rings. The number of carbonyl (C=O) groups excluding carboxylic acids is 1. The second-order valence-electron chi connectivity index (χ2n) is 5.00. The number of anilines is 1. The van der Waals surface area contributed by atoms with Crippen LogP contribution in [0.3, 0.4) is 0 Å². The van der Waals surface area contributed by atoms with Gasteiger partial charge >= 0.3 is 0 Å². The van der Waals surface area contributed by atoms with Crippen molar-refractivity contribution in [1.29, 1.82) is 0 Å². The number of para-hydroxylation sites is 1. The zero-order valence-corrected chi connectivity index (χ0v) is 12.4. The molecule has 3 rings (SSSR count). The molecule has 0 unspecified atom stereocenters. The van der Waals surface area contributed by atoms with Crippen LogP contribution in [-0.2, 0) is 17.1 Å². The molecule has 0 spiro atoms. The van der Waals surface area contributed by atoms with Crippen molar-refractivity contribution in [2.24, 2.45) is 7.05 Å². The lowest BCUT2D eigenvalue weighted by molar-refractivity contribution is 0.0984. The lowest BCUT2D eigenvalue weighted by Gasteiger charge is -2.22. The number of fused-ring (bicyclic) bond motifs is 1. The third kappa shape index (κ3) is 2.33. The van der Waals surface area contributed by atoms with Crippen LogP contribution in [0.4, 0.5) is 5.69 Å². The summed E-state index contributed by atoms with van der Waals surface area (Å²) in [6.45, 7) is 0.279. The van der Waals surface area contributed by atoms with Gasteiger partial charge in [0.2, 0.25) is 0 Å². The van der Waals surface area contributed by atoms with E-state index in [9.17, 15) is 13.2 Å². The lowest BCUT2D eigenvalue weighted by Crippen LogP contribution is -2.32. The fraction of sp³-hybridized carbons (Fsp3) is 0.286. The van der Waals surface area contributed by atoms with Crippen LogP contribution < -0.4 is 4.31 Å². The maximum Gasteiger partial charge on any atom is 0.283 e. The van der Waals surface area contributed by atoms with Gasteiger partial charge in [0, 0.05) is 31.8 Å². The van der Waals surface area contributed by atoms with Gasteiger partial charge in [-0.15, -0.1) is 0 Å². The Bertz CT molecular complexity index is 795. The highest BCUT2D eigenvalue weighted by Gasteiger charge is 2.31. The topological polar surface area (TPSA) is 72.3 Å². The van der Waals surface area contributed by atoms with Crippen molar-refractivity contribution in [2.45, 2.75) is 17.9 Å². The molecule has 1 aromatic carbocycles. The van der Waals surface area contributed by atoms with Crippen LogP contribution in [0.15, 0.2) is 41.8 Å². The van der Waals surface area contributed by atoms with E-state index in [2.05, 4.69) is 4.98 Å². The van der Waals surface area contributed by atoms with E-state index < -0.39 is 10.0 Å². The molecule has 2 heterocycles. The van der Waals surface area contributed by atoms with Crippen molar-refractivity contribution in [2.75, 3.05) is 10.8 Å². The van der Waals surface area contributed by atoms with E-state index in [0.29, 0.717) is 24.1 Å². The van der Waals surface area contributed by atoms with Crippen LogP contribution >= 0.6 is 0 Å². The Morgan fingerprint density at radius 3 is 2.71 bits per heavy atom. The molecule has 0 saturated heterocycles. The summed E-state index contributed by atoms with van der Waals surface area (Å²) in [5.41, 5.74) is 0.889. The van der Waals surface area contributed by atoms with E-state index in [0.717, 1.165) is 0 Å². The van der Waals surface area contributed by atoms with Crippen LogP contribution in [0.25, 0.3) is 0 Å². The summed E-state index contributed by atoms with van der Waals surface area (Å²) in [5.74, 6) is -0.0238. The Balaban J connectivity index is 2.14. The molecule has 0 saturated carbocycles. The van der Waals surface area contributed by atoms with Gasteiger partial charge in [-0.1, -0.05) is 12.1 Å². The number of aryl methyl sites for hydroxylation is 1. The number of hydrogen-bond donors (Lipinski definition) is 0. The molecule has 21 heavy (non-hydrogen) atoms. The number of nitrogens with zero attached hydrogens (tertiary/aromatic N) is 3. The standard InChI is InChI=1S/C14H15N3O3S/c1-16-9-14(15-10-16)21(19,20)17-8-4-7-13(18)11-5-2-3-6-12(11)17/h2-3,5-6,9-10H,4,7-8H2,1H3. The number of ketones is 1. The number of rotatable bonds is 2. The normalized spacial score (nSPS) is 15.7. The fourth-order valence-corrected chi connectivity index (χ4v) is 3.94. The quantitative estimate of drug-likeness (QED) is 0.844. The van der Waals surface area contributed by atoms with Gasteiger partial charge in [0.1, 0.15) is 0 Å². The summed E-state index contributed by atoms with van der Waals surface area (Å²) in [7, 11) is -2.04. The third-order valence-corrected chi connectivity index (χ3v) is 5.17. The summed E-state index contributed by atoms with van der Waals surface area (Å²) in [6.07, 6.45) is 3.76. The van der Waals surface area contributed by atoms with Crippen molar-refractivity contribution in [3.63, 3.8) is 0 Å². The fourth-order valence-electron chi connectivity index (χ4n) is 2.45. The Morgan fingerprint density at radius 1 is 1.24 bits per heavy atom. The van der Waals surface area contributed by atoms with Gasteiger partial charge < -0.3 is 4.57 Å². The highest BCUT2D eigenvalue weighted by molar-refractivity contribution is 7.92. The van der Waals surface area contributed by atoms with Crippen molar-refractivity contribution < 1.29 is 13.2 Å². The molecule has 0 amide bonds. The Hall–Kier alpha value is -2.15. The Labute approximate surface area is 123 Å². The number of imidazole rings is 1. The minimum atomic E-state index is -3.75. The monoisotopic (exact) mass is 305 g/mol. The van der Waals surface area contributed by atoms with Crippen molar-refractivity contribution >= 4 is 21.5 Å². The van der Waals surface area contributed by atoms with Crippen LogP contribution in [0, 0.1) is 0 Å². The number of hydrogen-bond acceptors (Lipinski definition) is 4. The zero-order chi connectivity index (χ0) is 15.0. The molecule has 0 aliphatic carbocycles. The van der Waals surface area contributed by atoms with E-state index in [-0.39, 0.29) is 17.4 Å². The van der Waals surface area contributed by atoms with E-state index in [1.54, 1.807) is 35.9 Å². The molecule has 2 aromatic rings. The first-order chi connectivity index (χ1) is 10.00. The van der Waals surface area contributed by atoms with Crippen molar-refractivity contribution in [3.8, 4) is 0 Å². The average molecular weight is 305 g/mol. The van der Waals surface area contributed by atoms with E-state index in [1.807, 2.05) is 0 Å². The van der Waals surface area contributed by atoms with Crippen LogP contribution in [0.5, 0.6) is 0 Å². The molecule has 7 heteroatoms. The van der Waals surface area contributed by atoms with Gasteiger partial charge in [-0.25, -0.2) is 4.98 Å². The summed E-state index contributed by atoms with van der Waals surface area (Å²) in [5, 5.41) is -0.00541. The molecule has 0 N–H and O–H groups in total. The Morgan fingerprint density at radius 2 is 2.00 bits per heavy atom. The van der Waals surface area contributed by atoms with Gasteiger partial charge in [-0.05, 0) is 18.6 Å². The van der Waals surface area contributed by atoms with E-state index in [1.165, 1.54) is 16.8 Å². The first kappa shape index (κ1) is 13.8. The minimum Gasteiger partial charge on any atom is -0.339 e. The first-order valence-corrected chi connectivity index (χ1v) is 8.07. The average Bonchev–Trinajstić information content (AvgIpc) is 2.83. The zero-order valence-electron chi connectivity index (χ0n) is 11.6. The number of sulfonamides is 1. The summed E-state index contributed by atoms with van der Waals surface area (Å²) in [6, 6.07) is 6.81. The SMILES string of the molecule is Cn1cnc(S(=O)(=O)N2CCCC(=O)c3ccccc32)c1. The molecule has 110 valence electrons. The predicted molar refractivity (Wildman–Crippen MR) is 77.7 cm³/mol. The van der Waals surface area contributed by atoms with Crippen LogP contribution in [0.1, 0.15) is 23.2 Å². The van der Waals surface area contributed by atoms with Crippen LogP contribution in [0.2, 0.25) is 0 Å². The smallest absolute Gasteiger partial charge is 0.283 e. The van der Waals surface area contributed by atoms with Crippen molar-refractivity contribution in [3.05, 3.63) is 42.4 Å². The molecule has 1 aromatic heterocycles. The third-order valence-electron chi connectivity index (χ3n) is 3.47. The highest BCUT2D eigenvalue weighted by atomic mass is 32.2. The van der Waals surface area contributed by atoms with Gasteiger partial charge in [0.15, 0.2) is 10.8 Å². The summed E-state index contributed by atoms with van der Waals surface area (Å²) in [4.78, 5) is 16.0. The molecule has 6 nitrogen and oxygen atoms in total. The number of carbonyl (C=O) groups is 1. The lowest BCUT2D eigenvalue weighted by atomic mass is 10.1. The second-order valence-corrected chi connectivity index (χ2v) is 6.81. The van der Waals surface area contributed by atoms with Crippen LogP contribution in [-0.4, -0.2) is 30.3 Å². The molecule has 1 aliphatic rings. The van der Waals surface area contributed by atoms with Gasteiger partial charge in [-0.3, -0.25) is 9.10 Å². The number of Topliss-reactive ketones (excluding diaryl/α,β-unsaturated/α-hetero) is 1. The number of aromatic nitrogens is 2.